The number of hydrogen-bond acceptors (Lipinski definition) is 3. The van der Waals surface area contributed by atoms with E-state index in [-0.39, 0.29) is 24.8 Å². The summed E-state index contributed by atoms with van der Waals surface area (Å²) in [6.07, 6.45) is 8.90. The minimum Gasteiger partial charge on any atom is -0.345 e. The second-order valence-corrected chi connectivity index (χ2v) is 8.44. The summed E-state index contributed by atoms with van der Waals surface area (Å²) >= 11 is 0. The lowest BCUT2D eigenvalue weighted by Gasteiger charge is -2.34. The van der Waals surface area contributed by atoms with Crippen molar-refractivity contribution in [1.82, 2.24) is 20.3 Å². The number of hydrogen-bond donors (Lipinski definition) is 2. The SMILES string of the molecule is Cc1cc2[nH]cnc2cc1-c1ccc(CNC2CCC(C)(C)CC2)nc1.Cl.Cl. The molecule has 1 aliphatic rings. The van der Waals surface area contributed by atoms with Gasteiger partial charge in [0.25, 0.3) is 0 Å². The number of benzene rings is 1. The maximum absolute atomic E-state index is 4.69. The lowest BCUT2D eigenvalue weighted by atomic mass is 9.75. The van der Waals surface area contributed by atoms with Crippen LogP contribution in [0.25, 0.3) is 22.2 Å². The van der Waals surface area contributed by atoms with Crippen LogP contribution in [0, 0.1) is 12.3 Å². The molecule has 6 heteroatoms. The maximum atomic E-state index is 4.69. The normalized spacial score (nSPS) is 16.4. The summed E-state index contributed by atoms with van der Waals surface area (Å²) in [5.41, 5.74) is 7.29. The number of aromatic amines is 1. The minimum atomic E-state index is 0. The van der Waals surface area contributed by atoms with E-state index >= 15 is 0 Å². The number of fused-ring (bicyclic) bond motifs is 1. The molecule has 1 fully saturated rings. The van der Waals surface area contributed by atoms with Crippen LogP contribution in [0.15, 0.2) is 36.8 Å². The van der Waals surface area contributed by atoms with E-state index < -0.39 is 0 Å². The number of imidazole rings is 1. The molecule has 0 aliphatic heterocycles. The zero-order chi connectivity index (χ0) is 18.1. The smallest absolute Gasteiger partial charge is 0.0931 e. The van der Waals surface area contributed by atoms with E-state index in [0.29, 0.717) is 11.5 Å². The Morgan fingerprint density at radius 1 is 1.11 bits per heavy atom. The fourth-order valence-corrected chi connectivity index (χ4v) is 3.94. The number of aryl methyl sites for hydroxylation is 1. The number of nitrogens with one attached hydrogen (secondary N) is 2. The van der Waals surface area contributed by atoms with Gasteiger partial charge in [-0.05, 0) is 67.3 Å². The molecule has 0 bridgehead atoms. The van der Waals surface area contributed by atoms with Crippen LogP contribution in [-0.4, -0.2) is 21.0 Å². The van der Waals surface area contributed by atoms with Gasteiger partial charge < -0.3 is 10.3 Å². The zero-order valence-electron chi connectivity index (χ0n) is 16.8. The third-order valence-electron chi connectivity index (χ3n) is 5.81. The van der Waals surface area contributed by atoms with Gasteiger partial charge in [0.2, 0.25) is 0 Å². The third kappa shape index (κ3) is 5.05. The predicted octanol–water partition coefficient (Wildman–Crippen LogP) is 5.84. The Morgan fingerprint density at radius 2 is 1.86 bits per heavy atom. The second kappa shape index (κ2) is 9.25. The molecule has 0 saturated heterocycles. The fraction of sp³-hybridized carbons (Fsp3) is 0.455. The molecule has 0 spiro atoms. The van der Waals surface area contributed by atoms with Gasteiger partial charge in [0.1, 0.15) is 0 Å². The van der Waals surface area contributed by atoms with Crippen molar-refractivity contribution in [2.24, 2.45) is 5.41 Å². The zero-order valence-corrected chi connectivity index (χ0v) is 18.4. The number of halogens is 2. The van der Waals surface area contributed by atoms with Gasteiger partial charge in [0, 0.05) is 24.3 Å². The van der Waals surface area contributed by atoms with E-state index in [2.05, 4.69) is 65.3 Å². The van der Waals surface area contributed by atoms with E-state index in [1.54, 1.807) is 6.33 Å². The van der Waals surface area contributed by atoms with Gasteiger partial charge >= 0.3 is 0 Å². The van der Waals surface area contributed by atoms with E-state index in [4.69, 9.17) is 0 Å². The Labute approximate surface area is 179 Å². The van der Waals surface area contributed by atoms with Crippen LogP contribution >= 0.6 is 24.8 Å². The average Bonchev–Trinajstić information content (AvgIpc) is 3.08. The summed E-state index contributed by atoms with van der Waals surface area (Å²) in [6, 6.07) is 9.24. The van der Waals surface area contributed by atoms with Crippen molar-refractivity contribution in [3.63, 3.8) is 0 Å². The number of pyridine rings is 1. The molecule has 2 aromatic heterocycles. The Morgan fingerprint density at radius 3 is 2.54 bits per heavy atom. The molecule has 1 aliphatic carbocycles. The molecule has 4 rings (SSSR count). The van der Waals surface area contributed by atoms with Gasteiger partial charge in [-0.2, -0.15) is 0 Å². The molecule has 28 heavy (non-hydrogen) atoms. The molecule has 1 aromatic carbocycles. The van der Waals surface area contributed by atoms with Crippen LogP contribution < -0.4 is 5.32 Å². The maximum Gasteiger partial charge on any atom is 0.0931 e. The van der Waals surface area contributed by atoms with E-state index in [1.807, 2.05) is 6.20 Å². The second-order valence-electron chi connectivity index (χ2n) is 8.44. The molecule has 2 N–H and O–H groups in total. The van der Waals surface area contributed by atoms with Gasteiger partial charge in [-0.25, -0.2) is 4.98 Å². The molecule has 2 heterocycles. The number of H-pyrrole nitrogens is 1. The number of rotatable bonds is 4. The Hall–Kier alpha value is -1.62. The highest BCUT2D eigenvalue weighted by atomic mass is 35.5. The van der Waals surface area contributed by atoms with E-state index in [0.717, 1.165) is 28.8 Å². The molecular weight excluding hydrogens is 391 g/mol. The Bertz CT molecular complexity index is 893. The number of aromatic nitrogens is 3. The van der Waals surface area contributed by atoms with Crippen LogP contribution in [0.1, 0.15) is 50.8 Å². The predicted molar refractivity (Wildman–Crippen MR) is 121 cm³/mol. The van der Waals surface area contributed by atoms with Crippen LogP contribution in [-0.2, 0) is 6.54 Å². The Kier molecular flexibility index (Phi) is 7.49. The highest BCUT2D eigenvalue weighted by Gasteiger charge is 2.26. The quantitative estimate of drug-likeness (QED) is 0.557. The first-order valence-corrected chi connectivity index (χ1v) is 9.63. The highest BCUT2D eigenvalue weighted by Crippen LogP contribution is 2.35. The topological polar surface area (TPSA) is 53.6 Å². The first kappa shape index (κ1) is 22.7. The minimum absolute atomic E-state index is 0. The van der Waals surface area contributed by atoms with Gasteiger partial charge in [-0.1, -0.05) is 19.9 Å². The third-order valence-corrected chi connectivity index (χ3v) is 5.81. The van der Waals surface area contributed by atoms with Crippen LogP contribution in [0.3, 0.4) is 0 Å². The molecule has 152 valence electrons. The summed E-state index contributed by atoms with van der Waals surface area (Å²) < 4.78 is 0. The molecule has 4 nitrogen and oxygen atoms in total. The molecule has 0 amide bonds. The van der Waals surface area contributed by atoms with Crippen molar-refractivity contribution in [3.8, 4) is 11.1 Å². The summed E-state index contributed by atoms with van der Waals surface area (Å²) in [5.74, 6) is 0. The molecular formula is C22H30Cl2N4. The van der Waals surface area contributed by atoms with Gasteiger partial charge in [0.15, 0.2) is 0 Å². The number of nitrogens with zero attached hydrogens (tertiary/aromatic N) is 2. The first-order chi connectivity index (χ1) is 12.5. The standard InChI is InChI=1S/C22H28N4.2ClH/c1-15-10-20-21(26-14-25-20)11-19(15)16-4-5-18(23-12-16)13-24-17-6-8-22(2,3)9-7-17;;/h4-5,10-12,14,17,24H,6-9,13H2,1-3H3,(H,25,26);2*1H. The van der Waals surface area contributed by atoms with E-state index in [9.17, 15) is 0 Å². The van der Waals surface area contributed by atoms with Crippen molar-refractivity contribution in [1.29, 1.82) is 0 Å². The van der Waals surface area contributed by atoms with Gasteiger partial charge in [-0.15, -0.1) is 24.8 Å². The van der Waals surface area contributed by atoms with Crippen LogP contribution in [0.2, 0.25) is 0 Å². The van der Waals surface area contributed by atoms with Crippen molar-refractivity contribution in [2.75, 3.05) is 0 Å². The fourth-order valence-electron chi connectivity index (χ4n) is 3.94. The Balaban J connectivity index is 0.00000140. The lowest BCUT2D eigenvalue weighted by Crippen LogP contribution is -2.35. The molecule has 3 aromatic rings. The summed E-state index contributed by atoms with van der Waals surface area (Å²) in [5, 5.41) is 3.69. The van der Waals surface area contributed by atoms with Crippen molar-refractivity contribution in [2.45, 2.75) is 59.0 Å². The van der Waals surface area contributed by atoms with Gasteiger partial charge in [-0.3, -0.25) is 4.98 Å². The van der Waals surface area contributed by atoms with Crippen LogP contribution in [0.4, 0.5) is 0 Å². The average molecular weight is 421 g/mol. The van der Waals surface area contributed by atoms with Crippen molar-refractivity contribution >= 4 is 35.8 Å². The van der Waals surface area contributed by atoms with E-state index in [1.165, 1.54) is 36.8 Å². The lowest BCUT2D eigenvalue weighted by molar-refractivity contribution is 0.205. The molecule has 0 unspecified atom stereocenters. The molecule has 0 atom stereocenters. The van der Waals surface area contributed by atoms with Crippen LogP contribution in [0.5, 0.6) is 0 Å². The summed E-state index contributed by atoms with van der Waals surface area (Å²) in [6.45, 7) is 7.75. The van der Waals surface area contributed by atoms with Gasteiger partial charge in [0.05, 0.1) is 23.1 Å². The monoisotopic (exact) mass is 420 g/mol. The summed E-state index contributed by atoms with van der Waals surface area (Å²) in [7, 11) is 0. The first-order valence-electron chi connectivity index (χ1n) is 9.63. The molecule has 0 radical (unpaired) electrons. The van der Waals surface area contributed by atoms with Crippen molar-refractivity contribution < 1.29 is 0 Å². The molecule has 1 saturated carbocycles. The van der Waals surface area contributed by atoms with Crippen molar-refractivity contribution in [3.05, 3.63) is 48.0 Å². The largest absolute Gasteiger partial charge is 0.345 e. The highest BCUT2D eigenvalue weighted by molar-refractivity contribution is 5.85. The summed E-state index contributed by atoms with van der Waals surface area (Å²) in [4.78, 5) is 12.2.